The minimum Gasteiger partial charge on any atom is -0.365 e. The van der Waals surface area contributed by atoms with Gasteiger partial charge >= 0.3 is 0 Å². The number of benzene rings is 1. The van der Waals surface area contributed by atoms with Gasteiger partial charge in [-0.1, -0.05) is 47.9 Å². The van der Waals surface area contributed by atoms with Gasteiger partial charge in [-0.2, -0.15) is 0 Å². The lowest BCUT2D eigenvalue weighted by molar-refractivity contribution is 0.744. The van der Waals surface area contributed by atoms with Gasteiger partial charge in [0.15, 0.2) is 5.13 Å². The van der Waals surface area contributed by atoms with Gasteiger partial charge in [-0.3, -0.25) is 0 Å². The van der Waals surface area contributed by atoms with Crippen molar-refractivity contribution in [1.29, 1.82) is 0 Å². The molecule has 1 fully saturated rings. The predicted molar refractivity (Wildman–Crippen MR) is 109 cm³/mol. The second-order valence-electron chi connectivity index (χ2n) is 6.35. The Hall–Kier alpha value is -2.18. The van der Waals surface area contributed by atoms with E-state index >= 15 is 0 Å². The number of halogens is 1. The highest BCUT2D eigenvalue weighted by Crippen LogP contribution is 2.38. The van der Waals surface area contributed by atoms with Gasteiger partial charge in [-0.25, -0.2) is 15.0 Å². The third-order valence-electron chi connectivity index (χ3n) is 4.52. The van der Waals surface area contributed by atoms with E-state index in [4.69, 9.17) is 21.6 Å². The highest BCUT2D eigenvalue weighted by molar-refractivity contribution is 7.19. The number of aromatic nitrogens is 3. The molecule has 2 aromatic heterocycles. The second kappa shape index (κ2) is 7.60. The van der Waals surface area contributed by atoms with Crippen molar-refractivity contribution in [3.05, 3.63) is 41.6 Å². The van der Waals surface area contributed by atoms with Gasteiger partial charge in [-0.15, -0.1) is 0 Å². The summed E-state index contributed by atoms with van der Waals surface area (Å²) in [7, 11) is 1.87. The van der Waals surface area contributed by atoms with Crippen LogP contribution in [0, 0.1) is 0 Å². The standard InChI is InChI=1S/C19H20ClN5S/c1-21-19-25-16(12-5-4-6-13(20)11-12)17(26-19)15-9-10-22-18(24-15)23-14-7-2-3-8-14/h4-6,9-11,14H,2-3,7-8H2,1H3,(H,21,25)(H,22,23,24). The van der Waals surface area contributed by atoms with E-state index in [1.54, 1.807) is 17.5 Å². The van der Waals surface area contributed by atoms with Crippen LogP contribution in [0.5, 0.6) is 0 Å². The molecule has 1 aliphatic rings. The molecule has 0 aliphatic heterocycles. The molecule has 0 bridgehead atoms. The Labute approximate surface area is 161 Å². The van der Waals surface area contributed by atoms with Crippen molar-refractivity contribution in [3.63, 3.8) is 0 Å². The summed E-state index contributed by atoms with van der Waals surface area (Å²) in [6, 6.07) is 10.2. The first-order valence-corrected chi connectivity index (χ1v) is 9.97. The van der Waals surface area contributed by atoms with Gasteiger partial charge in [0.05, 0.1) is 16.3 Å². The van der Waals surface area contributed by atoms with E-state index in [1.807, 2.05) is 37.4 Å². The Morgan fingerprint density at radius 3 is 2.77 bits per heavy atom. The Balaban J connectivity index is 1.72. The number of nitrogens with zero attached hydrogens (tertiary/aromatic N) is 3. The largest absolute Gasteiger partial charge is 0.365 e. The predicted octanol–water partition coefficient (Wildman–Crippen LogP) is 5.32. The van der Waals surface area contributed by atoms with Crippen LogP contribution in [0.25, 0.3) is 21.8 Å². The van der Waals surface area contributed by atoms with Crippen molar-refractivity contribution in [2.45, 2.75) is 31.7 Å². The third kappa shape index (κ3) is 3.66. The molecule has 0 amide bonds. The molecule has 0 unspecified atom stereocenters. The zero-order valence-electron chi connectivity index (χ0n) is 14.5. The minimum absolute atomic E-state index is 0.479. The quantitative estimate of drug-likeness (QED) is 0.622. The van der Waals surface area contributed by atoms with Crippen LogP contribution >= 0.6 is 22.9 Å². The summed E-state index contributed by atoms with van der Waals surface area (Å²) in [6.07, 6.45) is 6.73. The van der Waals surface area contributed by atoms with Gasteiger partial charge in [0.2, 0.25) is 5.95 Å². The average molecular weight is 386 g/mol. The molecule has 1 saturated carbocycles. The summed E-state index contributed by atoms with van der Waals surface area (Å²) in [5.41, 5.74) is 2.73. The fourth-order valence-corrected chi connectivity index (χ4v) is 4.34. The Kier molecular flexibility index (Phi) is 5.04. The van der Waals surface area contributed by atoms with Crippen LogP contribution in [0.2, 0.25) is 5.02 Å². The summed E-state index contributed by atoms with van der Waals surface area (Å²) < 4.78 is 0. The summed E-state index contributed by atoms with van der Waals surface area (Å²) in [4.78, 5) is 14.9. The van der Waals surface area contributed by atoms with Gasteiger partial charge in [0.1, 0.15) is 0 Å². The molecular weight excluding hydrogens is 366 g/mol. The first-order chi connectivity index (χ1) is 12.7. The van der Waals surface area contributed by atoms with Crippen molar-refractivity contribution < 1.29 is 0 Å². The number of hydrogen-bond acceptors (Lipinski definition) is 6. The first kappa shape index (κ1) is 17.2. The zero-order valence-corrected chi connectivity index (χ0v) is 16.1. The second-order valence-corrected chi connectivity index (χ2v) is 7.78. The molecule has 5 nitrogen and oxygen atoms in total. The zero-order chi connectivity index (χ0) is 17.9. The lowest BCUT2D eigenvalue weighted by Crippen LogP contribution is -2.16. The van der Waals surface area contributed by atoms with Crippen LogP contribution in [0.4, 0.5) is 11.1 Å². The molecule has 7 heteroatoms. The van der Waals surface area contributed by atoms with Gasteiger partial charge < -0.3 is 10.6 Å². The SMILES string of the molecule is CNc1nc(-c2cccc(Cl)c2)c(-c2ccnc(NC3CCCC3)n2)s1. The highest BCUT2D eigenvalue weighted by Gasteiger charge is 2.19. The van der Waals surface area contributed by atoms with Crippen molar-refractivity contribution in [1.82, 2.24) is 15.0 Å². The summed E-state index contributed by atoms with van der Waals surface area (Å²) in [5.74, 6) is 0.686. The molecule has 4 rings (SSSR count). The Morgan fingerprint density at radius 1 is 1.15 bits per heavy atom. The molecule has 1 aliphatic carbocycles. The Bertz CT molecular complexity index is 904. The fraction of sp³-hybridized carbons (Fsp3) is 0.316. The van der Waals surface area contributed by atoms with Crippen LogP contribution in [-0.4, -0.2) is 28.0 Å². The van der Waals surface area contributed by atoms with Gasteiger partial charge in [0.25, 0.3) is 0 Å². The molecule has 3 aromatic rings. The Morgan fingerprint density at radius 2 is 2.00 bits per heavy atom. The maximum absolute atomic E-state index is 6.18. The lowest BCUT2D eigenvalue weighted by atomic mass is 10.1. The smallest absolute Gasteiger partial charge is 0.223 e. The number of anilines is 2. The van der Waals surface area contributed by atoms with Gasteiger partial charge in [-0.05, 0) is 31.0 Å². The third-order valence-corrected chi connectivity index (χ3v) is 5.85. The van der Waals surface area contributed by atoms with Crippen LogP contribution in [-0.2, 0) is 0 Å². The summed E-state index contributed by atoms with van der Waals surface area (Å²) in [6.45, 7) is 0. The monoisotopic (exact) mass is 385 g/mol. The maximum Gasteiger partial charge on any atom is 0.223 e. The number of hydrogen-bond donors (Lipinski definition) is 2. The topological polar surface area (TPSA) is 62.7 Å². The van der Waals surface area contributed by atoms with E-state index < -0.39 is 0 Å². The van der Waals surface area contributed by atoms with Crippen molar-refractivity contribution in [2.24, 2.45) is 0 Å². The molecule has 2 heterocycles. The van der Waals surface area contributed by atoms with Crippen LogP contribution < -0.4 is 10.6 Å². The number of thiazole rings is 1. The van der Waals surface area contributed by atoms with E-state index in [9.17, 15) is 0 Å². The molecule has 26 heavy (non-hydrogen) atoms. The summed E-state index contributed by atoms with van der Waals surface area (Å²) >= 11 is 7.76. The highest BCUT2D eigenvalue weighted by atomic mass is 35.5. The van der Waals surface area contributed by atoms with E-state index in [1.165, 1.54) is 25.7 Å². The molecular formula is C19H20ClN5S. The normalized spacial score (nSPS) is 14.5. The molecule has 0 radical (unpaired) electrons. The first-order valence-electron chi connectivity index (χ1n) is 8.77. The molecule has 0 spiro atoms. The fourth-order valence-electron chi connectivity index (χ4n) is 3.24. The van der Waals surface area contributed by atoms with E-state index in [2.05, 4.69) is 15.6 Å². The molecule has 134 valence electrons. The van der Waals surface area contributed by atoms with Crippen LogP contribution in [0.1, 0.15) is 25.7 Å². The molecule has 2 N–H and O–H groups in total. The van der Waals surface area contributed by atoms with E-state index in [0.29, 0.717) is 17.0 Å². The molecule has 1 aromatic carbocycles. The van der Waals surface area contributed by atoms with E-state index in [0.717, 1.165) is 27.0 Å². The van der Waals surface area contributed by atoms with Crippen molar-refractivity contribution in [2.75, 3.05) is 17.7 Å². The van der Waals surface area contributed by atoms with Gasteiger partial charge in [0, 0.05) is 29.9 Å². The van der Waals surface area contributed by atoms with Crippen LogP contribution in [0.15, 0.2) is 36.5 Å². The van der Waals surface area contributed by atoms with E-state index in [-0.39, 0.29) is 0 Å². The van der Waals surface area contributed by atoms with Crippen molar-refractivity contribution in [3.8, 4) is 21.8 Å². The maximum atomic E-state index is 6.18. The number of nitrogens with one attached hydrogen (secondary N) is 2. The molecule has 0 saturated heterocycles. The lowest BCUT2D eigenvalue weighted by Gasteiger charge is -2.12. The average Bonchev–Trinajstić information content (AvgIpc) is 3.31. The van der Waals surface area contributed by atoms with Crippen molar-refractivity contribution >= 4 is 34.0 Å². The van der Waals surface area contributed by atoms with Crippen LogP contribution in [0.3, 0.4) is 0 Å². The summed E-state index contributed by atoms with van der Waals surface area (Å²) in [5, 5.41) is 8.14. The number of rotatable bonds is 5. The minimum atomic E-state index is 0.479. The molecule has 0 atom stereocenters.